The molecule has 0 bridgehead atoms. The highest BCUT2D eigenvalue weighted by Gasteiger charge is 2.41. The number of rotatable bonds is 4. The highest BCUT2D eigenvalue weighted by molar-refractivity contribution is 5.15. The smallest absolute Gasteiger partial charge is 0.137 e. The molecule has 1 aromatic heterocycles. The van der Waals surface area contributed by atoms with E-state index < -0.39 is 0 Å². The number of hydrogen-bond acceptors (Lipinski definition) is 3. The molecule has 2 fully saturated rings. The molecule has 1 aliphatic carbocycles. The number of pyridine rings is 1. The molecule has 3 rings (SSSR count). The number of nitrogens with zero attached hydrogens (tertiary/aromatic N) is 1. The summed E-state index contributed by atoms with van der Waals surface area (Å²) in [6, 6.07) is 4.53. The van der Waals surface area contributed by atoms with Crippen LogP contribution in [-0.2, 0) is 0 Å². The van der Waals surface area contributed by atoms with Crippen LogP contribution in [0.15, 0.2) is 24.5 Å². The van der Waals surface area contributed by atoms with Crippen molar-refractivity contribution in [2.75, 3.05) is 13.2 Å². The topological polar surface area (TPSA) is 34.1 Å². The Balaban J connectivity index is 1.40. The molecular formula is C13H18N2O. The molecule has 0 radical (unpaired) electrons. The number of piperidine rings is 1. The summed E-state index contributed by atoms with van der Waals surface area (Å²) in [4.78, 5) is 4.03. The average Bonchev–Trinajstić information content (AvgIpc) is 3.09. The van der Waals surface area contributed by atoms with E-state index in [1.54, 1.807) is 12.4 Å². The quantitative estimate of drug-likeness (QED) is 0.837. The molecule has 2 aliphatic rings. The number of aromatic nitrogens is 1. The van der Waals surface area contributed by atoms with Gasteiger partial charge in [-0.15, -0.1) is 0 Å². The van der Waals surface area contributed by atoms with Gasteiger partial charge in [-0.25, -0.2) is 0 Å². The first kappa shape index (κ1) is 10.1. The summed E-state index contributed by atoms with van der Waals surface area (Å²) in [6.45, 7) is 2.02. The van der Waals surface area contributed by atoms with Crippen molar-refractivity contribution >= 4 is 0 Å². The predicted octanol–water partition coefficient (Wildman–Crippen LogP) is 1.85. The van der Waals surface area contributed by atoms with E-state index in [0.29, 0.717) is 6.04 Å². The Morgan fingerprint density at radius 1 is 1.38 bits per heavy atom. The van der Waals surface area contributed by atoms with Gasteiger partial charge in [0.1, 0.15) is 5.75 Å². The number of hydrogen-bond donors (Lipinski definition) is 1. The standard InChI is InChI=1S/C13H18N2O/c1-2-13(9-14-4-1)16-5-3-12-7-10-6-11(10)8-15-12/h1-2,4,9-12,15H,3,5-8H2. The lowest BCUT2D eigenvalue weighted by Gasteiger charge is -2.22. The third-order valence-electron chi connectivity index (χ3n) is 3.69. The van der Waals surface area contributed by atoms with Crippen molar-refractivity contribution in [1.82, 2.24) is 10.3 Å². The van der Waals surface area contributed by atoms with Crippen LogP contribution in [0.1, 0.15) is 19.3 Å². The van der Waals surface area contributed by atoms with Crippen LogP contribution in [0.2, 0.25) is 0 Å². The Morgan fingerprint density at radius 2 is 2.38 bits per heavy atom. The molecule has 0 spiro atoms. The van der Waals surface area contributed by atoms with Gasteiger partial charge in [-0.1, -0.05) is 0 Å². The van der Waals surface area contributed by atoms with Crippen molar-refractivity contribution in [1.29, 1.82) is 0 Å². The summed E-state index contributed by atoms with van der Waals surface area (Å²) >= 11 is 0. The van der Waals surface area contributed by atoms with E-state index in [1.165, 1.54) is 19.4 Å². The molecule has 0 amide bonds. The molecule has 3 atom stereocenters. The summed E-state index contributed by atoms with van der Waals surface area (Å²) in [5.41, 5.74) is 0. The number of ether oxygens (including phenoxy) is 1. The van der Waals surface area contributed by atoms with Gasteiger partial charge in [0.05, 0.1) is 12.8 Å². The first-order chi connectivity index (χ1) is 7.92. The summed E-state index contributed by atoms with van der Waals surface area (Å²) in [5.74, 6) is 2.89. The molecule has 3 nitrogen and oxygen atoms in total. The van der Waals surface area contributed by atoms with Crippen molar-refractivity contribution in [3.05, 3.63) is 24.5 Å². The van der Waals surface area contributed by atoms with Gasteiger partial charge >= 0.3 is 0 Å². The van der Waals surface area contributed by atoms with Crippen LogP contribution >= 0.6 is 0 Å². The van der Waals surface area contributed by atoms with Crippen molar-refractivity contribution in [3.63, 3.8) is 0 Å². The minimum absolute atomic E-state index is 0.667. The summed E-state index contributed by atoms with van der Waals surface area (Å²) in [6.07, 6.45) is 7.44. The maximum atomic E-state index is 5.66. The van der Waals surface area contributed by atoms with E-state index in [-0.39, 0.29) is 0 Å². The highest BCUT2D eigenvalue weighted by Crippen LogP contribution is 2.44. The Bertz CT molecular complexity index is 341. The second-order valence-electron chi connectivity index (χ2n) is 4.92. The number of fused-ring (bicyclic) bond motifs is 1. The fourth-order valence-corrected chi connectivity index (χ4v) is 2.59. The first-order valence-corrected chi connectivity index (χ1v) is 6.18. The van der Waals surface area contributed by atoms with Gasteiger partial charge in [0.15, 0.2) is 0 Å². The monoisotopic (exact) mass is 218 g/mol. The van der Waals surface area contributed by atoms with Gasteiger partial charge in [-0.2, -0.15) is 0 Å². The molecule has 86 valence electrons. The molecule has 1 aliphatic heterocycles. The van der Waals surface area contributed by atoms with E-state index in [9.17, 15) is 0 Å². The van der Waals surface area contributed by atoms with E-state index in [0.717, 1.165) is 30.6 Å². The van der Waals surface area contributed by atoms with Gasteiger partial charge in [0.25, 0.3) is 0 Å². The van der Waals surface area contributed by atoms with Crippen LogP contribution in [-0.4, -0.2) is 24.2 Å². The largest absolute Gasteiger partial charge is 0.492 e. The Labute approximate surface area is 96.2 Å². The maximum Gasteiger partial charge on any atom is 0.137 e. The molecule has 1 aromatic rings. The van der Waals surface area contributed by atoms with Crippen molar-refractivity contribution in [2.45, 2.75) is 25.3 Å². The molecule has 1 N–H and O–H groups in total. The normalized spacial score (nSPS) is 31.9. The molecule has 3 unspecified atom stereocenters. The van der Waals surface area contributed by atoms with Gasteiger partial charge in [0, 0.05) is 12.2 Å². The van der Waals surface area contributed by atoms with Gasteiger partial charge in [-0.3, -0.25) is 4.98 Å². The lowest BCUT2D eigenvalue weighted by atomic mass is 10.0. The van der Waals surface area contributed by atoms with Crippen LogP contribution in [0, 0.1) is 11.8 Å². The molecule has 16 heavy (non-hydrogen) atoms. The Kier molecular flexibility index (Phi) is 2.79. The van der Waals surface area contributed by atoms with Crippen LogP contribution in [0.25, 0.3) is 0 Å². The van der Waals surface area contributed by atoms with E-state index in [1.807, 2.05) is 12.1 Å². The summed E-state index contributed by atoms with van der Waals surface area (Å²) in [7, 11) is 0. The van der Waals surface area contributed by atoms with Crippen molar-refractivity contribution < 1.29 is 4.74 Å². The molecule has 1 saturated heterocycles. The van der Waals surface area contributed by atoms with Gasteiger partial charge in [-0.05, 0) is 49.8 Å². The second kappa shape index (κ2) is 4.42. The minimum Gasteiger partial charge on any atom is -0.492 e. The lowest BCUT2D eigenvalue weighted by Crippen LogP contribution is -2.36. The van der Waals surface area contributed by atoms with Crippen LogP contribution in [0.5, 0.6) is 5.75 Å². The van der Waals surface area contributed by atoms with E-state index in [4.69, 9.17) is 4.74 Å². The predicted molar refractivity (Wildman–Crippen MR) is 62.4 cm³/mol. The van der Waals surface area contributed by atoms with Gasteiger partial charge in [0.2, 0.25) is 0 Å². The maximum absolute atomic E-state index is 5.66. The van der Waals surface area contributed by atoms with Crippen molar-refractivity contribution in [3.8, 4) is 5.75 Å². The Hall–Kier alpha value is -1.09. The first-order valence-electron chi connectivity index (χ1n) is 6.18. The third kappa shape index (κ3) is 2.35. The molecular weight excluding hydrogens is 200 g/mol. The molecule has 1 saturated carbocycles. The Morgan fingerprint density at radius 3 is 3.19 bits per heavy atom. The molecule has 2 heterocycles. The highest BCUT2D eigenvalue weighted by atomic mass is 16.5. The molecule has 0 aromatic carbocycles. The zero-order chi connectivity index (χ0) is 10.8. The fraction of sp³-hybridized carbons (Fsp3) is 0.615. The molecule has 3 heteroatoms. The van der Waals surface area contributed by atoms with Gasteiger partial charge < -0.3 is 10.1 Å². The third-order valence-corrected chi connectivity index (χ3v) is 3.69. The van der Waals surface area contributed by atoms with Crippen LogP contribution in [0.3, 0.4) is 0 Å². The average molecular weight is 218 g/mol. The SMILES string of the molecule is c1cncc(OCCC2CC3CC3CN2)c1. The number of nitrogens with one attached hydrogen (secondary N) is 1. The fourth-order valence-electron chi connectivity index (χ4n) is 2.59. The zero-order valence-electron chi connectivity index (χ0n) is 9.43. The summed E-state index contributed by atoms with van der Waals surface area (Å²) in [5, 5.41) is 3.60. The zero-order valence-corrected chi connectivity index (χ0v) is 9.43. The summed E-state index contributed by atoms with van der Waals surface area (Å²) < 4.78 is 5.66. The minimum atomic E-state index is 0.667. The van der Waals surface area contributed by atoms with E-state index in [2.05, 4.69) is 10.3 Å². The van der Waals surface area contributed by atoms with E-state index >= 15 is 0 Å². The van der Waals surface area contributed by atoms with Crippen molar-refractivity contribution in [2.24, 2.45) is 11.8 Å². The second-order valence-corrected chi connectivity index (χ2v) is 4.92. The van der Waals surface area contributed by atoms with Crippen LogP contribution < -0.4 is 10.1 Å². The van der Waals surface area contributed by atoms with Crippen LogP contribution in [0.4, 0.5) is 0 Å². The lowest BCUT2D eigenvalue weighted by molar-refractivity contribution is 0.264.